The van der Waals surface area contributed by atoms with Gasteiger partial charge in [-0.05, 0) is 31.7 Å². The van der Waals surface area contributed by atoms with Crippen LogP contribution in [0.15, 0.2) is 29.6 Å². The predicted octanol–water partition coefficient (Wildman–Crippen LogP) is 1.45. The first-order valence-electron chi connectivity index (χ1n) is 6.64. The number of H-pyrrole nitrogens is 1. The summed E-state index contributed by atoms with van der Waals surface area (Å²) in [6, 6.07) is 3.67. The minimum atomic E-state index is -0.274. The third-order valence-electron chi connectivity index (χ3n) is 3.34. The van der Waals surface area contributed by atoms with Gasteiger partial charge in [0, 0.05) is 29.2 Å². The molecule has 0 aliphatic heterocycles. The second kappa shape index (κ2) is 5.64. The largest absolute Gasteiger partial charge is 0.292 e. The fraction of sp³-hybridized carbons (Fsp3) is 0.286. The summed E-state index contributed by atoms with van der Waals surface area (Å²) in [6.45, 7) is 0. The van der Waals surface area contributed by atoms with Crippen molar-refractivity contribution in [1.29, 1.82) is 0 Å². The lowest BCUT2D eigenvalue weighted by Crippen LogP contribution is -2.20. The average molecular weight is 269 g/mol. The van der Waals surface area contributed by atoms with Gasteiger partial charge in [0.1, 0.15) is 0 Å². The van der Waals surface area contributed by atoms with E-state index in [1.807, 2.05) is 12.1 Å². The molecule has 2 aromatic heterocycles. The molecule has 2 heterocycles. The Morgan fingerprint density at radius 3 is 3.15 bits per heavy atom. The summed E-state index contributed by atoms with van der Waals surface area (Å²) in [5.74, 6) is -0.274. The lowest BCUT2D eigenvalue weighted by molar-refractivity contribution is 0.0949. The molecule has 0 aromatic carbocycles. The smallest absolute Gasteiger partial charge is 0.281 e. The van der Waals surface area contributed by atoms with Crippen molar-refractivity contribution in [2.24, 2.45) is 5.10 Å². The number of carbonyl (C=O) groups excluding carboxylic acids is 1. The van der Waals surface area contributed by atoms with Crippen LogP contribution in [0, 0.1) is 0 Å². The van der Waals surface area contributed by atoms with Crippen LogP contribution >= 0.6 is 0 Å². The number of carbonyl (C=O) groups is 1. The minimum absolute atomic E-state index is 0.274. The van der Waals surface area contributed by atoms with E-state index in [0.717, 1.165) is 42.5 Å². The molecule has 1 amide bonds. The molecule has 0 fully saturated rings. The molecule has 0 saturated heterocycles. The third kappa shape index (κ3) is 2.59. The number of nitrogens with one attached hydrogen (secondary N) is 2. The van der Waals surface area contributed by atoms with Crippen LogP contribution in [0.1, 0.15) is 40.2 Å². The Balaban J connectivity index is 1.68. The molecule has 3 rings (SSSR count). The van der Waals surface area contributed by atoms with Crippen molar-refractivity contribution in [3.8, 4) is 0 Å². The van der Waals surface area contributed by atoms with Gasteiger partial charge < -0.3 is 0 Å². The van der Waals surface area contributed by atoms with Crippen molar-refractivity contribution in [2.45, 2.75) is 25.7 Å². The lowest BCUT2D eigenvalue weighted by atomic mass is 9.96. The Hall–Kier alpha value is -2.50. The van der Waals surface area contributed by atoms with Crippen molar-refractivity contribution in [2.75, 3.05) is 0 Å². The number of fused-ring (bicyclic) bond motifs is 1. The average Bonchev–Trinajstić information content (AvgIpc) is 2.92. The van der Waals surface area contributed by atoms with Crippen molar-refractivity contribution in [3.05, 3.63) is 47.0 Å². The minimum Gasteiger partial charge on any atom is -0.281 e. The summed E-state index contributed by atoms with van der Waals surface area (Å²) in [4.78, 5) is 16.0. The summed E-state index contributed by atoms with van der Waals surface area (Å²) in [7, 11) is 0. The van der Waals surface area contributed by atoms with E-state index in [4.69, 9.17) is 0 Å². The van der Waals surface area contributed by atoms with Gasteiger partial charge in [-0.15, -0.1) is 0 Å². The highest BCUT2D eigenvalue weighted by atomic mass is 16.2. The molecule has 1 aliphatic rings. The summed E-state index contributed by atoms with van der Waals surface area (Å²) >= 11 is 0. The molecule has 2 N–H and O–H groups in total. The van der Waals surface area contributed by atoms with Crippen LogP contribution in [0.3, 0.4) is 0 Å². The number of nitrogens with zero attached hydrogens (tertiary/aromatic N) is 3. The van der Waals surface area contributed by atoms with E-state index >= 15 is 0 Å². The summed E-state index contributed by atoms with van der Waals surface area (Å²) < 4.78 is 0. The number of aromatic amines is 1. The third-order valence-corrected chi connectivity index (χ3v) is 3.34. The van der Waals surface area contributed by atoms with E-state index < -0.39 is 0 Å². The molecule has 2 aromatic rings. The molecule has 0 unspecified atom stereocenters. The monoisotopic (exact) mass is 269 g/mol. The molecule has 20 heavy (non-hydrogen) atoms. The quantitative estimate of drug-likeness (QED) is 0.653. The van der Waals surface area contributed by atoms with E-state index in [1.54, 1.807) is 18.6 Å². The van der Waals surface area contributed by atoms with Crippen LogP contribution in [-0.4, -0.2) is 27.3 Å². The predicted molar refractivity (Wildman–Crippen MR) is 74.5 cm³/mol. The highest BCUT2D eigenvalue weighted by Crippen LogP contribution is 2.21. The van der Waals surface area contributed by atoms with Gasteiger partial charge >= 0.3 is 0 Å². The van der Waals surface area contributed by atoms with Crippen LogP contribution in [0.5, 0.6) is 0 Å². The molecular weight excluding hydrogens is 254 g/mol. The van der Waals surface area contributed by atoms with Gasteiger partial charge in [-0.1, -0.05) is 6.07 Å². The van der Waals surface area contributed by atoms with E-state index in [0.29, 0.717) is 5.69 Å². The van der Waals surface area contributed by atoms with E-state index in [2.05, 4.69) is 25.7 Å². The van der Waals surface area contributed by atoms with E-state index in [-0.39, 0.29) is 5.91 Å². The van der Waals surface area contributed by atoms with Gasteiger partial charge in [-0.25, -0.2) is 5.43 Å². The Kier molecular flexibility index (Phi) is 3.54. The Labute approximate surface area is 116 Å². The van der Waals surface area contributed by atoms with Crippen molar-refractivity contribution in [3.63, 3.8) is 0 Å². The fourth-order valence-electron chi connectivity index (χ4n) is 2.34. The van der Waals surface area contributed by atoms with Gasteiger partial charge in [0.2, 0.25) is 0 Å². The van der Waals surface area contributed by atoms with Crippen LogP contribution in [-0.2, 0) is 12.8 Å². The Bertz CT molecular complexity index is 632. The van der Waals surface area contributed by atoms with E-state index in [1.165, 1.54) is 0 Å². The van der Waals surface area contributed by atoms with E-state index in [9.17, 15) is 4.79 Å². The van der Waals surface area contributed by atoms with Crippen LogP contribution < -0.4 is 5.43 Å². The van der Waals surface area contributed by atoms with Gasteiger partial charge in [-0.3, -0.25) is 14.9 Å². The highest BCUT2D eigenvalue weighted by molar-refractivity contribution is 5.94. The standard InChI is InChI=1S/C14H15N5O/c20-14(19-16-9-10-4-3-7-15-8-10)13-11-5-1-2-6-12(11)17-18-13/h3-4,7-9H,1-2,5-6H2,(H,17,18)(H,19,20)/b16-9+. The Morgan fingerprint density at radius 1 is 1.40 bits per heavy atom. The number of aryl methyl sites for hydroxylation is 1. The maximum atomic E-state index is 12.0. The number of hydrogen-bond donors (Lipinski definition) is 2. The molecule has 0 atom stereocenters. The zero-order valence-electron chi connectivity index (χ0n) is 11.0. The molecule has 102 valence electrons. The second-order valence-electron chi connectivity index (χ2n) is 4.72. The topological polar surface area (TPSA) is 83.0 Å². The number of hydrazone groups is 1. The molecule has 0 spiro atoms. The van der Waals surface area contributed by atoms with Gasteiger partial charge in [0.25, 0.3) is 5.91 Å². The summed E-state index contributed by atoms with van der Waals surface area (Å²) in [6.07, 6.45) is 9.04. The number of rotatable bonds is 3. The fourth-order valence-corrected chi connectivity index (χ4v) is 2.34. The maximum absolute atomic E-state index is 12.0. The van der Waals surface area contributed by atoms with Crippen LogP contribution in [0.25, 0.3) is 0 Å². The summed E-state index contributed by atoms with van der Waals surface area (Å²) in [5, 5.41) is 11.0. The maximum Gasteiger partial charge on any atom is 0.292 e. The molecule has 6 nitrogen and oxygen atoms in total. The normalized spacial score (nSPS) is 14.2. The molecule has 0 radical (unpaired) electrons. The first-order chi connectivity index (χ1) is 9.84. The van der Waals surface area contributed by atoms with Crippen molar-refractivity contribution in [1.82, 2.24) is 20.6 Å². The Morgan fingerprint density at radius 2 is 2.30 bits per heavy atom. The van der Waals surface area contributed by atoms with Crippen LogP contribution in [0.2, 0.25) is 0 Å². The molecule has 0 saturated carbocycles. The molecular formula is C14H15N5O. The number of amides is 1. The van der Waals surface area contributed by atoms with Crippen molar-refractivity contribution >= 4 is 12.1 Å². The lowest BCUT2D eigenvalue weighted by Gasteiger charge is -2.10. The first kappa shape index (κ1) is 12.5. The van der Waals surface area contributed by atoms with Crippen LogP contribution in [0.4, 0.5) is 0 Å². The highest BCUT2D eigenvalue weighted by Gasteiger charge is 2.21. The molecule has 0 bridgehead atoms. The zero-order valence-corrected chi connectivity index (χ0v) is 11.0. The SMILES string of the molecule is O=C(N/N=C/c1cccnc1)c1n[nH]c2c1CCCC2. The van der Waals surface area contributed by atoms with Crippen molar-refractivity contribution < 1.29 is 4.79 Å². The summed E-state index contributed by atoms with van der Waals surface area (Å²) in [5.41, 5.74) is 5.91. The number of hydrogen-bond acceptors (Lipinski definition) is 4. The van der Waals surface area contributed by atoms with Gasteiger partial charge in [0.05, 0.1) is 6.21 Å². The molecule has 6 heteroatoms. The van der Waals surface area contributed by atoms with Gasteiger partial charge in [-0.2, -0.15) is 10.2 Å². The first-order valence-corrected chi connectivity index (χ1v) is 6.64. The number of pyridine rings is 1. The zero-order chi connectivity index (χ0) is 13.8. The number of aromatic nitrogens is 3. The molecule has 1 aliphatic carbocycles. The second-order valence-corrected chi connectivity index (χ2v) is 4.72. The van der Waals surface area contributed by atoms with Gasteiger partial charge in [0.15, 0.2) is 5.69 Å².